The standard InChI is InChI=1S/C17H24ClNO/c18-14-5-6-15-13(10-14)4-7-16(15)19-11-17(12-20)8-2-1-3-9-17/h5-6,10,16,19-20H,1-4,7-9,11-12H2. The van der Waals surface area contributed by atoms with Crippen LogP contribution in [0, 0.1) is 5.41 Å². The second-order valence-electron chi connectivity index (χ2n) is 6.53. The Kier molecular flexibility index (Phi) is 4.34. The molecule has 0 aromatic heterocycles. The first kappa shape index (κ1) is 14.4. The summed E-state index contributed by atoms with van der Waals surface area (Å²) < 4.78 is 0. The Labute approximate surface area is 126 Å². The van der Waals surface area contributed by atoms with Crippen molar-refractivity contribution < 1.29 is 5.11 Å². The third-order valence-corrected chi connectivity index (χ3v) is 5.39. The van der Waals surface area contributed by atoms with Crippen LogP contribution in [0.4, 0.5) is 0 Å². The van der Waals surface area contributed by atoms with Crippen molar-refractivity contribution in [2.75, 3.05) is 13.2 Å². The fourth-order valence-electron chi connectivity index (χ4n) is 3.83. The van der Waals surface area contributed by atoms with Gasteiger partial charge in [-0.05, 0) is 48.9 Å². The third-order valence-electron chi connectivity index (χ3n) is 5.16. The molecular weight excluding hydrogens is 270 g/mol. The number of benzene rings is 1. The summed E-state index contributed by atoms with van der Waals surface area (Å²) in [5.41, 5.74) is 2.91. The maximum Gasteiger partial charge on any atom is 0.0499 e. The molecule has 0 radical (unpaired) electrons. The highest BCUT2D eigenvalue weighted by Crippen LogP contribution is 2.38. The zero-order valence-electron chi connectivity index (χ0n) is 12.0. The molecule has 1 saturated carbocycles. The summed E-state index contributed by atoms with van der Waals surface area (Å²) in [5, 5.41) is 14.3. The van der Waals surface area contributed by atoms with Gasteiger partial charge in [-0.1, -0.05) is 36.9 Å². The number of aryl methyl sites for hydroxylation is 1. The second-order valence-corrected chi connectivity index (χ2v) is 6.97. The number of aliphatic hydroxyl groups excluding tert-OH is 1. The fraction of sp³-hybridized carbons (Fsp3) is 0.647. The zero-order valence-corrected chi connectivity index (χ0v) is 12.8. The van der Waals surface area contributed by atoms with E-state index >= 15 is 0 Å². The minimum atomic E-state index is 0.118. The number of nitrogens with one attached hydrogen (secondary N) is 1. The van der Waals surface area contributed by atoms with Crippen LogP contribution in [0.25, 0.3) is 0 Å². The van der Waals surface area contributed by atoms with E-state index in [0.29, 0.717) is 12.6 Å². The predicted octanol–water partition coefficient (Wildman–Crippen LogP) is 3.86. The SMILES string of the molecule is OCC1(CNC2CCc3cc(Cl)ccc32)CCCCC1. The predicted molar refractivity (Wildman–Crippen MR) is 83.1 cm³/mol. The van der Waals surface area contributed by atoms with Crippen molar-refractivity contribution in [3.8, 4) is 0 Å². The number of rotatable bonds is 4. The molecule has 3 rings (SSSR count). The van der Waals surface area contributed by atoms with E-state index in [1.54, 1.807) is 0 Å². The first-order valence-corrected chi connectivity index (χ1v) is 8.23. The summed E-state index contributed by atoms with van der Waals surface area (Å²) in [7, 11) is 0. The van der Waals surface area contributed by atoms with Crippen molar-refractivity contribution in [1.82, 2.24) is 5.32 Å². The number of halogens is 1. The Balaban J connectivity index is 1.65. The molecule has 3 heteroatoms. The van der Waals surface area contributed by atoms with Gasteiger partial charge in [0.2, 0.25) is 0 Å². The van der Waals surface area contributed by atoms with Crippen LogP contribution >= 0.6 is 11.6 Å². The lowest BCUT2D eigenvalue weighted by molar-refractivity contribution is 0.0783. The van der Waals surface area contributed by atoms with Gasteiger partial charge >= 0.3 is 0 Å². The van der Waals surface area contributed by atoms with E-state index in [9.17, 15) is 5.11 Å². The summed E-state index contributed by atoms with van der Waals surface area (Å²) in [5.74, 6) is 0. The number of fused-ring (bicyclic) bond motifs is 1. The molecule has 2 aliphatic carbocycles. The zero-order chi connectivity index (χ0) is 14.0. The molecule has 0 aliphatic heterocycles. The van der Waals surface area contributed by atoms with Crippen molar-refractivity contribution in [3.63, 3.8) is 0 Å². The smallest absolute Gasteiger partial charge is 0.0499 e. The Morgan fingerprint density at radius 1 is 1.25 bits per heavy atom. The van der Waals surface area contributed by atoms with E-state index in [0.717, 1.165) is 37.3 Å². The largest absolute Gasteiger partial charge is 0.396 e. The molecule has 20 heavy (non-hydrogen) atoms. The molecule has 0 bridgehead atoms. The summed E-state index contributed by atoms with van der Waals surface area (Å²) >= 11 is 6.06. The molecule has 1 atom stereocenters. The van der Waals surface area contributed by atoms with Crippen LogP contribution < -0.4 is 5.32 Å². The fourth-order valence-corrected chi connectivity index (χ4v) is 4.03. The minimum Gasteiger partial charge on any atom is -0.396 e. The van der Waals surface area contributed by atoms with Crippen molar-refractivity contribution in [1.29, 1.82) is 0 Å². The monoisotopic (exact) mass is 293 g/mol. The minimum absolute atomic E-state index is 0.118. The second kappa shape index (κ2) is 6.05. The highest BCUT2D eigenvalue weighted by Gasteiger charge is 2.33. The Morgan fingerprint density at radius 2 is 2.05 bits per heavy atom. The number of aliphatic hydroxyl groups is 1. The van der Waals surface area contributed by atoms with Gasteiger partial charge < -0.3 is 10.4 Å². The van der Waals surface area contributed by atoms with Gasteiger partial charge in [-0.25, -0.2) is 0 Å². The van der Waals surface area contributed by atoms with E-state index < -0.39 is 0 Å². The molecular formula is C17H24ClNO. The molecule has 2 nitrogen and oxygen atoms in total. The highest BCUT2D eigenvalue weighted by molar-refractivity contribution is 6.30. The van der Waals surface area contributed by atoms with Crippen LogP contribution in [-0.2, 0) is 6.42 Å². The lowest BCUT2D eigenvalue weighted by atomic mass is 9.74. The van der Waals surface area contributed by atoms with E-state index in [-0.39, 0.29) is 5.41 Å². The summed E-state index contributed by atoms with van der Waals surface area (Å²) in [4.78, 5) is 0. The molecule has 1 aromatic rings. The van der Waals surface area contributed by atoms with Crippen LogP contribution in [0.15, 0.2) is 18.2 Å². The maximum absolute atomic E-state index is 9.79. The average molecular weight is 294 g/mol. The van der Waals surface area contributed by atoms with Crippen molar-refractivity contribution in [2.24, 2.45) is 5.41 Å². The summed E-state index contributed by atoms with van der Waals surface area (Å²) in [6.45, 7) is 1.26. The maximum atomic E-state index is 9.79. The Morgan fingerprint density at radius 3 is 2.80 bits per heavy atom. The van der Waals surface area contributed by atoms with Crippen LogP contribution in [0.2, 0.25) is 5.02 Å². The van der Waals surface area contributed by atoms with Crippen molar-refractivity contribution in [2.45, 2.75) is 51.0 Å². The van der Waals surface area contributed by atoms with Crippen molar-refractivity contribution >= 4 is 11.6 Å². The van der Waals surface area contributed by atoms with E-state index in [1.165, 1.54) is 30.4 Å². The summed E-state index contributed by atoms with van der Waals surface area (Å²) in [6.07, 6.45) is 8.44. The molecule has 1 unspecified atom stereocenters. The Bertz CT molecular complexity index is 468. The van der Waals surface area contributed by atoms with Gasteiger partial charge in [0.05, 0.1) is 0 Å². The first-order chi connectivity index (χ1) is 9.72. The molecule has 0 heterocycles. The normalized spacial score (nSPS) is 24.6. The van der Waals surface area contributed by atoms with Gasteiger partial charge in [0.15, 0.2) is 0 Å². The molecule has 0 amide bonds. The Hall–Kier alpha value is -0.570. The highest BCUT2D eigenvalue weighted by atomic mass is 35.5. The van der Waals surface area contributed by atoms with Gasteiger partial charge in [-0.15, -0.1) is 0 Å². The summed E-state index contributed by atoms with van der Waals surface area (Å²) in [6, 6.07) is 6.69. The van der Waals surface area contributed by atoms with Gasteiger partial charge in [0, 0.05) is 29.6 Å². The van der Waals surface area contributed by atoms with E-state index in [2.05, 4.69) is 17.4 Å². The molecule has 0 saturated heterocycles. The molecule has 2 N–H and O–H groups in total. The van der Waals surface area contributed by atoms with Crippen molar-refractivity contribution in [3.05, 3.63) is 34.3 Å². The topological polar surface area (TPSA) is 32.3 Å². The van der Waals surface area contributed by atoms with Crippen LogP contribution in [-0.4, -0.2) is 18.3 Å². The molecule has 2 aliphatic rings. The first-order valence-electron chi connectivity index (χ1n) is 7.85. The van der Waals surface area contributed by atoms with Gasteiger partial charge in [0.25, 0.3) is 0 Å². The lowest BCUT2D eigenvalue weighted by Gasteiger charge is -2.36. The molecule has 110 valence electrons. The van der Waals surface area contributed by atoms with Gasteiger partial charge in [-0.3, -0.25) is 0 Å². The van der Waals surface area contributed by atoms with Gasteiger partial charge in [0.1, 0.15) is 0 Å². The lowest BCUT2D eigenvalue weighted by Crippen LogP contribution is -2.40. The molecule has 1 fully saturated rings. The average Bonchev–Trinajstić information content (AvgIpc) is 2.88. The van der Waals surface area contributed by atoms with E-state index in [1.807, 2.05) is 6.07 Å². The molecule has 0 spiro atoms. The van der Waals surface area contributed by atoms with Gasteiger partial charge in [-0.2, -0.15) is 0 Å². The number of hydrogen-bond acceptors (Lipinski definition) is 2. The quantitative estimate of drug-likeness (QED) is 0.883. The van der Waals surface area contributed by atoms with Crippen LogP contribution in [0.5, 0.6) is 0 Å². The number of hydrogen-bond donors (Lipinski definition) is 2. The van der Waals surface area contributed by atoms with Crippen LogP contribution in [0.3, 0.4) is 0 Å². The van der Waals surface area contributed by atoms with Crippen LogP contribution in [0.1, 0.15) is 55.7 Å². The third kappa shape index (κ3) is 2.88. The molecule has 1 aromatic carbocycles. The van der Waals surface area contributed by atoms with E-state index in [4.69, 9.17) is 11.6 Å².